The molecule has 5 nitrogen and oxygen atoms in total. The minimum absolute atomic E-state index is 0.634. The average Bonchev–Trinajstić information content (AvgIpc) is 3.31. The monoisotopic (exact) mass is 749 g/mol. The predicted octanol–water partition coefficient (Wildman–Crippen LogP) is 13.7. The normalized spacial score (nSPS) is 11.7. The van der Waals surface area contributed by atoms with Crippen molar-refractivity contribution in [2.24, 2.45) is 4.99 Å². The summed E-state index contributed by atoms with van der Waals surface area (Å²) in [6.07, 6.45) is 15.4. The van der Waals surface area contributed by atoms with E-state index in [0.717, 1.165) is 96.6 Å². The van der Waals surface area contributed by atoms with Gasteiger partial charge in [0.15, 0.2) is 5.82 Å². The van der Waals surface area contributed by atoms with Crippen LogP contribution in [0.3, 0.4) is 0 Å². The molecule has 0 N–H and O–H groups in total. The van der Waals surface area contributed by atoms with Crippen molar-refractivity contribution in [1.29, 1.82) is 0 Å². The molecule has 8 rings (SSSR count). The van der Waals surface area contributed by atoms with Gasteiger partial charge in [-0.25, -0.2) is 19.9 Å². The van der Waals surface area contributed by atoms with Gasteiger partial charge in [-0.05, 0) is 82.1 Å². The Bertz CT molecular complexity index is 2630. The molecule has 0 saturated carbocycles. The number of unbranched alkanes of at least 4 members (excludes halogenated alkanes) is 1. The van der Waals surface area contributed by atoms with Crippen molar-refractivity contribution in [3.05, 3.63) is 200 Å². The molecule has 0 fully saturated rings. The van der Waals surface area contributed by atoms with E-state index in [4.69, 9.17) is 9.97 Å². The second-order valence-corrected chi connectivity index (χ2v) is 14.0. The maximum Gasteiger partial charge on any atom is 0.160 e. The second kappa shape index (κ2) is 18.1. The van der Waals surface area contributed by atoms with Gasteiger partial charge in [-0.15, -0.1) is 0 Å². The minimum Gasteiger partial charge on any atom is -0.269 e. The van der Waals surface area contributed by atoms with E-state index in [1.165, 1.54) is 0 Å². The fourth-order valence-electron chi connectivity index (χ4n) is 7.12. The molecule has 0 atom stereocenters. The van der Waals surface area contributed by atoms with Gasteiger partial charge in [-0.3, -0.25) is 4.99 Å². The zero-order valence-electron chi connectivity index (χ0n) is 32.7. The van der Waals surface area contributed by atoms with Crippen LogP contribution in [0.2, 0.25) is 0 Å². The Labute approximate surface area is 341 Å². The van der Waals surface area contributed by atoms with Crippen LogP contribution >= 0.6 is 0 Å². The highest BCUT2D eigenvalue weighted by molar-refractivity contribution is 5.94. The molecule has 2 aromatic heterocycles. The molecule has 0 bridgehead atoms. The summed E-state index contributed by atoms with van der Waals surface area (Å²) in [6.45, 7) is 4.12. The van der Waals surface area contributed by atoms with E-state index in [0.29, 0.717) is 5.82 Å². The van der Waals surface area contributed by atoms with Crippen molar-refractivity contribution < 1.29 is 0 Å². The van der Waals surface area contributed by atoms with Crippen molar-refractivity contribution >= 4 is 11.8 Å². The molecule has 0 spiro atoms. The molecular formula is C53H43N5. The van der Waals surface area contributed by atoms with Gasteiger partial charge in [-0.1, -0.05) is 159 Å². The number of rotatable bonds is 12. The van der Waals surface area contributed by atoms with Gasteiger partial charge in [0.1, 0.15) is 6.33 Å². The van der Waals surface area contributed by atoms with Crippen molar-refractivity contribution in [3.8, 4) is 78.4 Å². The number of allylic oxidation sites excluding steroid dienone is 3. The summed E-state index contributed by atoms with van der Waals surface area (Å²) < 4.78 is 0. The fraction of sp³-hybridized carbons (Fsp3) is 0.0755. The van der Waals surface area contributed by atoms with Crippen LogP contribution in [0.1, 0.15) is 32.3 Å². The number of aliphatic imine (C=N–C) groups is 1. The van der Waals surface area contributed by atoms with Crippen molar-refractivity contribution in [3.63, 3.8) is 0 Å². The summed E-state index contributed by atoms with van der Waals surface area (Å²) in [6, 6.07) is 55.3. The van der Waals surface area contributed by atoms with Gasteiger partial charge in [0.25, 0.3) is 0 Å². The fourth-order valence-corrected chi connectivity index (χ4v) is 7.12. The van der Waals surface area contributed by atoms with Crippen LogP contribution in [0.25, 0.3) is 84.0 Å². The number of benzene rings is 6. The summed E-state index contributed by atoms with van der Waals surface area (Å²) in [5.74, 6) is 0.634. The lowest BCUT2D eigenvalue weighted by atomic mass is 9.90. The van der Waals surface area contributed by atoms with Crippen LogP contribution in [0.5, 0.6) is 0 Å². The molecule has 0 aliphatic heterocycles. The van der Waals surface area contributed by atoms with Crippen molar-refractivity contribution in [2.45, 2.75) is 26.7 Å². The Balaban J connectivity index is 1.41. The van der Waals surface area contributed by atoms with Crippen molar-refractivity contribution in [1.82, 2.24) is 19.9 Å². The summed E-state index contributed by atoms with van der Waals surface area (Å²) in [5.41, 5.74) is 15.0. The minimum atomic E-state index is 0.634. The van der Waals surface area contributed by atoms with Crippen LogP contribution in [0.4, 0.5) is 0 Å². The average molecular weight is 750 g/mol. The summed E-state index contributed by atoms with van der Waals surface area (Å²) in [7, 11) is 0. The molecule has 58 heavy (non-hydrogen) atoms. The Kier molecular flexibility index (Phi) is 11.7. The van der Waals surface area contributed by atoms with Crippen LogP contribution in [0, 0.1) is 0 Å². The molecule has 0 aliphatic rings. The third-order valence-electron chi connectivity index (χ3n) is 10.0. The molecule has 6 aromatic carbocycles. The Morgan fingerprint density at radius 1 is 0.517 bits per heavy atom. The van der Waals surface area contributed by atoms with Crippen LogP contribution in [-0.4, -0.2) is 26.2 Å². The predicted molar refractivity (Wildman–Crippen MR) is 242 cm³/mol. The van der Waals surface area contributed by atoms with E-state index in [2.05, 4.69) is 180 Å². The van der Waals surface area contributed by atoms with E-state index >= 15 is 0 Å². The quantitative estimate of drug-likeness (QED) is 0.0921. The van der Waals surface area contributed by atoms with Crippen LogP contribution in [-0.2, 0) is 0 Å². The largest absolute Gasteiger partial charge is 0.269 e. The highest BCUT2D eigenvalue weighted by Gasteiger charge is 2.22. The smallest absolute Gasteiger partial charge is 0.160 e. The van der Waals surface area contributed by atoms with Gasteiger partial charge in [0.2, 0.25) is 0 Å². The summed E-state index contributed by atoms with van der Waals surface area (Å²) in [5, 5.41) is 0. The first-order valence-electron chi connectivity index (χ1n) is 19.7. The topological polar surface area (TPSA) is 63.9 Å². The Hall–Kier alpha value is -7.37. The van der Waals surface area contributed by atoms with E-state index in [1.807, 2.05) is 43.9 Å². The summed E-state index contributed by atoms with van der Waals surface area (Å²) in [4.78, 5) is 24.2. The molecule has 0 unspecified atom stereocenters. The third-order valence-corrected chi connectivity index (χ3v) is 10.0. The maximum absolute atomic E-state index is 5.53. The number of nitrogens with zero attached hydrogens (tertiary/aromatic N) is 5. The summed E-state index contributed by atoms with van der Waals surface area (Å²) >= 11 is 0. The van der Waals surface area contributed by atoms with Crippen molar-refractivity contribution in [2.75, 3.05) is 0 Å². The molecule has 5 heteroatoms. The van der Waals surface area contributed by atoms with E-state index in [1.54, 1.807) is 6.33 Å². The lowest BCUT2D eigenvalue weighted by molar-refractivity contribution is 0.959. The lowest BCUT2D eigenvalue weighted by Gasteiger charge is -2.19. The van der Waals surface area contributed by atoms with Gasteiger partial charge >= 0.3 is 0 Å². The molecule has 0 amide bonds. The first-order valence-corrected chi connectivity index (χ1v) is 19.7. The number of aromatic nitrogens is 4. The van der Waals surface area contributed by atoms with Gasteiger partial charge < -0.3 is 0 Å². The van der Waals surface area contributed by atoms with E-state index < -0.39 is 0 Å². The highest BCUT2D eigenvalue weighted by Crippen LogP contribution is 2.42. The maximum atomic E-state index is 5.53. The van der Waals surface area contributed by atoms with Crippen LogP contribution in [0.15, 0.2) is 200 Å². The number of hydrogen-bond donors (Lipinski definition) is 0. The van der Waals surface area contributed by atoms with E-state index in [-0.39, 0.29) is 0 Å². The molecule has 0 aliphatic carbocycles. The standard InChI is InChI=1S/C53H43N5/c1-3-5-8-21-48(34-54-4-2)42-24-16-29-47(33-42)53-57-51(45-27-14-22-40(31-45)38-17-9-6-10-18-38)50(44-26-13-25-43(30-44)49-35-55-37-56-36-49)52(58-53)46-28-15-23-41(32-46)39-19-11-7-12-20-39/h4,6-37H,3,5H2,1-2H3. The SMILES string of the molecule is CC=NC=C(C=CCCC)c1cccc(-c2nc(-c3cccc(-c4ccccc4)c3)c(-c3cccc(-c4cncnc4)c3)c(-c3cccc(-c4ccccc4)c3)n2)c1. The molecule has 2 heterocycles. The third kappa shape index (κ3) is 8.54. The molecule has 0 radical (unpaired) electrons. The first kappa shape index (κ1) is 37.5. The molecule has 0 saturated heterocycles. The first-order chi connectivity index (χ1) is 28.7. The highest BCUT2D eigenvalue weighted by atomic mass is 14.9. The lowest BCUT2D eigenvalue weighted by Crippen LogP contribution is -2.01. The number of hydrogen-bond acceptors (Lipinski definition) is 5. The molecule has 8 aromatic rings. The Morgan fingerprint density at radius 2 is 1.02 bits per heavy atom. The second-order valence-electron chi connectivity index (χ2n) is 14.0. The Morgan fingerprint density at radius 3 is 1.60 bits per heavy atom. The zero-order valence-corrected chi connectivity index (χ0v) is 32.7. The molecular weight excluding hydrogens is 707 g/mol. The van der Waals surface area contributed by atoms with Gasteiger partial charge in [0, 0.05) is 52.6 Å². The molecule has 280 valence electrons. The van der Waals surface area contributed by atoms with Crippen LogP contribution < -0.4 is 0 Å². The van der Waals surface area contributed by atoms with E-state index in [9.17, 15) is 0 Å². The zero-order chi connectivity index (χ0) is 39.5. The van der Waals surface area contributed by atoms with Gasteiger partial charge in [0.05, 0.1) is 11.4 Å². The van der Waals surface area contributed by atoms with Gasteiger partial charge in [-0.2, -0.15) is 0 Å².